The summed E-state index contributed by atoms with van der Waals surface area (Å²) in [5.74, 6) is -1.52. The molecule has 0 saturated heterocycles. The smallest absolute Gasteiger partial charge is 0.408 e. The molecule has 0 aliphatic carbocycles. The highest BCUT2D eigenvalue weighted by Crippen LogP contribution is 2.09. The van der Waals surface area contributed by atoms with Gasteiger partial charge < -0.3 is 19.5 Å². The molecule has 1 amide bonds. The normalized spacial score (nSPS) is 12.0. The third-order valence-corrected chi connectivity index (χ3v) is 2.89. The summed E-state index contributed by atoms with van der Waals surface area (Å²) in [7, 11) is 0. The predicted molar refractivity (Wildman–Crippen MR) is 90.8 cm³/mol. The molecule has 8 heteroatoms. The van der Waals surface area contributed by atoms with E-state index in [0.717, 1.165) is 5.56 Å². The highest BCUT2D eigenvalue weighted by molar-refractivity contribution is 6.17. The molecule has 7 nitrogen and oxygen atoms in total. The van der Waals surface area contributed by atoms with E-state index in [1.165, 1.54) is 0 Å². The van der Waals surface area contributed by atoms with Gasteiger partial charge in [0.1, 0.15) is 18.2 Å². The van der Waals surface area contributed by atoms with Crippen LogP contribution in [0.1, 0.15) is 32.8 Å². The molecular formula is C17H22ClNO6. The predicted octanol–water partition coefficient (Wildman–Crippen LogP) is 2.75. The highest BCUT2D eigenvalue weighted by atomic mass is 35.5. The van der Waals surface area contributed by atoms with Gasteiger partial charge in [-0.15, -0.1) is 0 Å². The first-order valence-corrected chi connectivity index (χ1v) is 8.16. The van der Waals surface area contributed by atoms with Crippen LogP contribution in [-0.4, -0.2) is 35.7 Å². The number of benzene rings is 1. The second-order valence-corrected chi connectivity index (χ2v) is 6.34. The van der Waals surface area contributed by atoms with Crippen molar-refractivity contribution in [3.8, 4) is 0 Å². The summed E-state index contributed by atoms with van der Waals surface area (Å²) in [6.45, 7) is 5.08. The van der Waals surface area contributed by atoms with Crippen LogP contribution in [0.4, 0.5) is 4.79 Å². The zero-order chi connectivity index (χ0) is 18.9. The maximum atomic E-state index is 11.9. The minimum absolute atomic E-state index is 0.0589. The van der Waals surface area contributed by atoms with E-state index < -0.39 is 42.2 Å². The van der Waals surface area contributed by atoms with E-state index >= 15 is 0 Å². The van der Waals surface area contributed by atoms with Gasteiger partial charge in [-0.3, -0.25) is 4.79 Å². The summed E-state index contributed by atoms with van der Waals surface area (Å²) in [5.41, 5.74) is 0.0506. The van der Waals surface area contributed by atoms with E-state index in [9.17, 15) is 14.4 Å². The van der Waals surface area contributed by atoms with Crippen LogP contribution < -0.4 is 5.32 Å². The van der Waals surface area contributed by atoms with Crippen LogP contribution >= 0.6 is 11.6 Å². The lowest BCUT2D eigenvalue weighted by Crippen LogP contribution is -2.45. The lowest BCUT2D eigenvalue weighted by Gasteiger charge is -2.22. The standard InChI is InChI=1S/C17H22ClNO6/c1-17(2,3)25-16(22)19-13(15(21)24-11-18)9-14(20)23-10-12-7-5-4-6-8-12/h4-8,13H,9-11H2,1-3H3,(H,19,22). The number of alkyl halides is 1. The number of ether oxygens (including phenoxy) is 3. The number of amides is 1. The third kappa shape index (κ3) is 8.95. The van der Waals surface area contributed by atoms with Crippen molar-refractivity contribution >= 4 is 29.6 Å². The lowest BCUT2D eigenvalue weighted by atomic mass is 10.2. The Balaban J connectivity index is 2.61. The van der Waals surface area contributed by atoms with Gasteiger partial charge in [0, 0.05) is 0 Å². The first kappa shape index (κ1) is 20.8. The molecule has 0 saturated carbocycles. The summed E-state index contributed by atoms with van der Waals surface area (Å²) < 4.78 is 14.8. The Morgan fingerprint density at radius 1 is 1.12 bits per heavy atom. The number of carbonyl (C=O) groups excluding carboxylic acids is 3. The number of hydrogen-bond acceptors (Lipinski definition) is 6. The van der Waals surface area contributed by atoms with Crippen LogP contribution in [0.2, 0.25) is 0 Å². The molecular weight excluding hydrogens is 350 g/mol. The Bertz CT molecular complexity index is 585. The minimum atomic E-state index is -1.25. The number of nitrogens with one attached hydrogen (secondary N) is 1. The Kier molecular flexibility index (Phi) is 8.21. The summed E-state index contributed by atoms with van der Waals surface area (Å²) in [4.78, 5) is 35.6. The molecule has 1 unspecified atom stereocenters. The van der Waals surface area contributed by atoms with Gasteiger partial charge >= 0.3 is 18.0 Å². The largest absolute Gasteiger partial charge is 0.461 e. The molecule has 0 radical (unpaired) electrons. The fourth-order valence-corrected chi connectivity index (χ4v) is 1.87. The Morgan fingerprint density at radius 2 is 1.76 bits per heavy atom. The lowest BCUT2D eigenvalue weighted by molar-refractivity contribution is -0.152. The van der Waals surface area contributed by atoms with Gasteiger partial charge in [-0.05, 0) is 26.3 Å². The van der Waals surface area contributed by atoms with Crippen LogP contribution in [0.15, 0.2) is 30.3 Å². The van der Waals surface area contributed by atoms with E-state index in [1.54, 1.807) is 32.9 Å². The van der Waals surface area contributed by atoms with Gasteiger partial charge in [-0.25, -0.2) is 9.59 Å². The van der Waals surface area contributed by atoms with Crippen LogP contribution in [0, 0.1) is 0 Å². The van der Waals surface area contributed by atoms with Crippen molar-refractivity contribution in [1.29, 1.82) is 0 Å². The van der Waals surface area contributed by atoms with E-state index in [1.807, 2.05) is 18.2 Å². The number of rotatable bonds is 7. The van der Waals surface area contributed by atoms with Gasteiger partial charge in [-0.1, -0.05) is 41.9 Å². The first-order chi connectivity index (χ1) is 11.7. The highest BCUT2D eigenvalue weighted by Gasteiger charge is 2.28. The van der Waals surface area contributed by atoms with Gasteiger partial charge in [0.2, 0.25) is 0 Å². The maximum absolute atomic E-state index is 11.9. The summed E-state index contributed by atoms with van der Waals surface area (Å²) in [6, 6.07) is 7.41. The number of hydrogen-bond donors (Lipinski definition) is 1. The average molecular weight is 372 g/mol. The molecule has 1 aromatic carbocycles. The van der Waals surface area contributed by atoms with Crippen molar-refractivity contribution in [3.63, 3.8) is 0 Å². The Labute approximate surface area is 151 Å². The topological polar surface area (TPSA) is 90.9 Å². The number of alkyl carbamates (subject to hydrolysis) is 1. The molecule has 25 heavy (non-hydrogen) atoms. The second kappa shape index (κ2) is 9.88. The van der Waals surface area contributed by atoms with Crippen LogP contribution in [-0.2, 0) is 30.4 Å². The van der Waals surface area contributed by atoms with E-state index in [2.05, 4.69) is 10.1 Å². The fraction of sp³-hybridized carbons (Fsp3) is 0.471. The van der Waals surface area contributed by atoms with Crippen molar-refractivity contribution in [1.82, 2.24) is 5.32 Å². The van der Waals surface area contributed by atoms with Gasteiger partial charge in [0.25, 0.3) is 0 Å². The van der Waals surface area contributed by atoms with Crippen molar-refractivity contribution in [2.45, 2.75) is 45.4 Å². The van der Waals surface area contributed by atoms with Gasteiger partial charge in [0.05, 0.1) is 6.42 Å². The third-order valence-electron chi connectivity index (χ3n) is 2.79. The number of halogens is 1. The fourth-order valence-electron chi connectivity index (χ4n) is 1.76. The second-order valence-electron chi connectivity index (χ2n) is 6.12. The van der Waals surface area contributed by atoms with Crippen LogP contribution in [0.3, 0.4) is 0 Å². The number of carbonyl (C=O) groups is 3. The molecule has 1 aromatic rings. The van der Waals surface area contributed by atoms with Crippen molar-refractivity contribution in [2.75, 3.05) is 6.07 Å². The molecule has 0 aliphatic rings. The molecule has 0 spiro atoms. The molecule has 0 aromatic heterocycles. The van der Waals surface area contributed by atoms with E-state index in [0.29, 0.717) is 0 Å². The molecule has 0 aliphatic heterocycles. The minimum Gasteiger partial charge on any atom is -0.461 e. The molecule has 1 atom stereocenters. The SMILES string of the molecule is CC(C)(C)OC(=O)NC(CC(=O)OCc1ccccc1)C(=O)OCCl. The van der Waals surface area contributed by atoms with Crippen molar-refractivity contribution in [3.05, 3.63) is 35.9 Å². The van der Waals surface area contributed by atoms with E-state index in [-0.39, 0.29) is 6.61 Å². The Hall–Kier alpha value is -2.28. The maximum Gasteiger partial charge on any atom is 0.408 e. The van der Waals surface area contributed by atoms with Crippen LogP contribution in [0.5, 0.6) is 0 Å². The summed E-state index contributed by atoms with van der Waals surface area (Å²) >= 11 is 5.36. The number of esters is 2. The van der Waals surface area contributed by atoms with Crippen LogP contribution in [0.25, 0.3) is 0 Å². The quantitative estimate of drug-likeness (QED) is 0.450. The first-order valence-electron chi connectivity index (χ1n) is 7.63. The van der Waals surface area contributed by atoms with E-state index in [4.69, 9.17) is 21.1 Å². The molecule has 1 rings (SSSR count). The van der Waals surface area contributed by atoms with Gasteiger partial charge in [0.15, 0.2) is 6.07 Å². The molecule has 0 fully saturated rings. The summed E-state index contributed by atoms with van der Waals surface area (Å²) in [5, 5.41) is 2.29. The molecule has 138 valence electrons. The summed E-state index contributed by atoms with van der Waals surface area (Å²) in [6.07, 6.45) is -1.25. The molecule has 0 heterocycles. The molecule has 0 bridgehead atoms. The average Bonchev–Trinajstić information content (AvgIpc) is 2.51. The Morgan fingerprint density at radius 3 is 2.32 bits per heavy atom. The van der Waals surface area contributed by atoms with Crippen molar-refractivity contribution < 1.29 is 28.6 Å². The zero-order valence-corrected chi connectivity index (χ0v) is 15.2. The molecule has 1 N–H and O–H groups in total. The monoisotopic (exact) mass is 371 g/mol. The van der Waals surface area contributed by atoms with Crippen molar-refractivity contribution in [2.24, 2.45) is 0 Å². The van der Waals surface area contributed by atoms with Gasteiger partial charge in [-0.2, -0.15) is 0 Å². The zero-order valence-electron chi connectivity index (χ0n) is 14.4.